The van der Waals surface area contributed by atoms with E-state index in [1.54, 1.807) is 0 Å². The van der Waals surface area contributed by atoms with Crippen LogP contribution in [0.5, 0.6) is 0 Å². The fraction of sp³-hybridized carbons (Fsp3) is 0.727. The average Bonchev–Trinajstić information content (AvgIpc) is 2.04. The molecule has 0 fully saturated rings. The summed E-state index contributed by atoms with van der Waals surface area (Å²) in [6, 6.07) is 0. The van der Waals surface area contributed by atoms with E-state index in [9.17, 15) is 0 Å². The molecule has 0 rings (SSSR count). The minimum atomic E-state index is 0.810. The Morgan fingerprint density at radius 3 is 2.64 bits per heavy atom. The number of rotatable bonds is 6. The molecule has 1 radical (unpaired) electrons. The fourth-order valence-electron chi connectivity index (χ4n) is 1.01. The normalized spacial score (nSPS) is 14.1. The van der Waals surface area contributed by atoms with Gasteiger partial charge < -0.3 is 0 Å². The highest BCUT2D eigenvalue weighted by Crippen LogP contribution is 2.10. The lowest BCUT2D eigenvalue weighted by Gasteiger charge is -2.05. The van der Waals surface area contributed by atoms with Crippen molar-refractivity contribution in [2.45, 2.75) is 46.0 Å². The van der Waals surface area contributed by atoms with Crippen molar-refractivity contribution >= 4 is 0 Å². The van der Waals surface area contributed by atoms with Crippen LogP contribution in [0.2, 0.25) is 0 Å². The second-order valence-electron chi connectivity index (χ2n) is 3.20. The summed E-state index contributed by atoms with van der Waals surface area (Å²) in [6.07, 6.45) is 10.7. The van der Waals surface area contributed by atoms with Gasteiger partial charge in [0, 0.05) is 0 Å². The molecule has 11 heavy (non-hydrogen) atoms. The predicted octanol–water partition coefficient (Wildman–Crippen LogP) is 3.98. The Kier molecular flexibility index (Phi) is 7.66. The van der Waals surface area contributed by atoms with Crippen molar-refractivity contribution in [3.8, 4) is 0 Å². The van der Waals surface area contributed by atoms with Crippen molar-refractivity contribution in [1.29, 1.82) is 0 Å². The van der Waals surface area contributed by atoms with Crippen LogP contribution in [0, 0.1) is 12.8 Å². The van der Waals surface area contributed by atoms with E-state index in [1.165, 1.54) is 25.7 Å². The largest absolute Gasteiger partial charge is 0.0888 e. The van der Waals surface area contributed by atoms with Crippen LogP contribution in [-0.4, -0.2) is 0 Å². The van der Waals surface area contributed by atoms with E-state index in [0.717, 1.165) is 12.3 Å². The number of allylic oxidation sites excluding steroid dienone is 2. The molecular weight excluding hydrogens is 132 g/mol. The smallest absolute Gasteiger partial charge is 0.0351 e. The molecule has 0 aromatic rings. The molecule has 0 saturated carbocycles. The molecule has 0 spiro atoms. The van der Waals surface area contributed by atoms with Crippen LogP contribution in [0.15, 0.2) is 12.2 Å². The summed E-state index contributed by atoms with van der Waals surface area (Å²) in [7, 11) is 0. The molecule has 0 N–H and O–H groups in total. The number of hydrogen-bond donors (Lipinski definition) is 0. The first-order valence-corrected chi connectivity index (χ1v) is 4.75. The van der Waals surface area contributed by atoms with Crippen LogP contribution >= 0.6 is 0 Å². The lowest BCUT2D eigenvalue weighted by Crippen LogP contribution is -1.90. The van der Waals surface area contributed by atoms with E-state index >= 15 is 0 Å². The van der Waals surface area contributed by atoms with Crippen molar-refractivity contribution < 1.29 is 0 Å². The van der Waals surface area contributed by atoms with Gasteiger partial charge in [0.25, 0.3) is 0 Å². The molecule has 0 nitrogen and oxygen atoms in total. The fourth-order valence-corrected chi connectivity index (χ4v) is 1.01. The van der Waals surface area contributed by atoms with Crippen LogP contribution in [0.25, 0.3) is 0 Å². The third-order valence-corrected chi connectivity index (χ3v) is 1.96. The van der Waals surface area contributed by atoms with Crippen molar-refractivity contribution in [3.63, 3.8) is 0 Å². The highest BCUT2D eigenvalue weighted by Gasteiger charge is 1.95. The summed E-state index contributed by atoms with van der Waals surface area (Å²) in [5.74, 6) is 0.810. The van der Waals surface area contributed by atoms with Gasteiger partial charge in [-0.2, -0.15) is 0 Å². The van der Waals surface area contributed by atoms with Gasteiger partial charge in [-0.3, -0.25) is 0 Å². The summed E-state index contributed by atoms with van der Waals surface area (Å²) in [6.45, 7) is 8.33. The van der Waals surface area contributed by atoms with E-state index in [0.29, 0.717) is 0 Å². The SMILES string of the molecule is [CH2]CC(C)CCC/C=C/CC. The van der Waals surface area contributed by atoms with Gasteiger partial charge in [-0.15, -0.1) is 0 Å². The van der Waals surface area contributed by atoms with Crippen molar-refractivity contribution in [2.24, 2.45) is 5.92 Å². The zero-order chi connectivity index (χ0) is 8.53. The molecule has 0 heteroatoms. The van der Waals surface area contributed by atoms with Crippen molar-refractivity contribution in [1.82, 2.24) is 0 Å². The first-order chi connectivity index (χ1) is 5.31. The standard InChI is InChI=1S/C11H21/c1-4-6-7-8-9-10-11(3)5-2/h6-7,11H,2,4-5,8-10H2,1,3H3/b7-6+. The maximum Gasteiger partial charge on any atom is -0.0351 e. The monoisotopic (exact) mass is 153 g/mol. The topological polar surface area (TPSA) is 0 Å². The van der Waals surface area contributed by atoms with Gasteiger partial charge in [-0.1, -0.05) is 45.8 Å². The molecule has 0 amide bonds. The Morgan fingerprint density at radius 2 is 2.09 bits per heavy atom. The first-order valence-electron chi connectivity index (χ1n) is 4.75. The molecule has 0 aliphatic rings. The first kappa shape index (κ1) is 10.7. The maximum absolute atomic E-state index is 3.88. The van der Waals surface area contributed by atoms with E-state index in [1.807, 2.05) is 0 Å². The Balaban J connectivity index is 3.07. The van der Waals surface area contributed by atoms with Crippen molar-refractivity contribution in [2.75, 3.05) is 0 Å². The minimum Gasteiger partial charge on any atom is -0.0888 e. The van der Waals surface area contributed by atoms with Gasteiger partial charge >= 0.3 is 0 Å². The van der Waals surface area contributed by atoms with Gasteiger partial charge in [-0.25, -0.2) is 0 Å². The van der Waals surface area contributed by atoms with Crippen LogP contribution in [-0.2, 0) is 0 Å². The van der Waals surface area contributed by atoms with Crippen LogP contribution in [0.3, 0.4) is 0 Å². The van der Waals surface area contributed by atoms with E-state index in [-0.39, 0.29) is 0 Å². The van der Waals surface area contributed by atoms with Gasteiger partial charge in [0.1, 0.15) is 0 Å². The molecule has 0 aromatic heterocycles. The van der Waals surface area contributed by atoms with E-state index in [4.69, 9.17) is 0 Å². The Morgan fingerprint density at radius 1 is 1.36 bits per heavy atom. The van der Waals surface area contributed by atoms with E-state index in [2.05, 4.69) is 32.9 Å². The molecule has 0 bridgehead atoms. The van der Waals surface area contributed by atoms with Crippen LogP contribution in [0.4, 0.5) is 0 Å². The van der Waals surface area contributed by atoms with Crippen LogP contribution < -0.4 is 0 Å². The quantitative estimate of drug-likeness (QED) is 0.400. The molecule has 65 valence electrons. The lowest BCUT2D eigenvalue weighted by molar-refractivity contribution is 0.518. The summed E-state index contributed by atoms with van der Waals surface area (Å²) < 4.78 is 0. The minimum absolute atomic E-state index is 0.810. The van der Waals surface area contributed by atoms with Gasteiger partial charge in [0.2, 0.25) is 0 Å². The van der Waals surface area contributed by atoms with Crippen molar-refractivity contribution in [3.05, 3.63) is 19.1 Å². The molecular formula is C11H21. The number of hydrogen-bond acceptors (Lipinski definition) is 0. The molecule has 0 aromatic carbocycles. The predicted molar refractivity (Wildman–Crippen MR) is 52.4 cm³/mol. The Labute approximate surface area is 71.7 Å². The second kappa shape index (κ2) is 7.84. The maximum atomic E-state index is 3.88. The van der Waals surface area contributed by atoms with Gasteiger partial charge in [0.05, 0.1) is 0 Å². The zero-order valence-corrected chi connectivity index (χ0v) is 7.97. The molecule has 1 atom stereocenters. The van der Waals surface area contributed by atoms with E-state index < -0.39 is 0 Å². The summed E-state index contributed by atoms with van der Waals surface area (Å²) in [5.41, 5.74) is 0. The summed E-state index contributed by atoms with van der Waals surface area (Å²) in [4.78, 5) is 0. The highest BCUT2D eigenvalue weighted by molar-refractivity contribution is 4.79. The average molecular weight is 153 g/mol. The summed E-state index contributed by atoms with van der Waals surface area (Å²) in [5, 5.41) is 0. The molecule has 0 heterocycles. The second-order valence-corrected chi connectivity index (χ2v) is 3.20. The molecule has 0 aliphatic heterocycles. The zero-order valence-electron chi connectivity index (χ0n) is 7.97. The Bertz CT molecular complexity index is 92.2. The van der Waals surface area contributed by atoms with Gasteiger partial charge in [-0.05, 0) is 25.2 Å². The summed E-state index contributed by atoms with van der Waals surface area (Å²) >= 11 is 0. The number of unbranched alkanes of at least 4 members (excludes halogenated alkanes) is 1. The molecule has 0 saturated heterocycles. The highest BCUT2D eigenvalue weighted by atomic mass is 14.0. The third kappa shape index (κ3) is 7.64. The molecule has 0 aliphatic carbocycles. The third-order valence-electron chi connectivity index (χ3n) is 1.96. The van der Waals surface area contributed by atoms with Gasteiger partial charge in [0.15, 0.2) is 0 Å². The molecule has 1 unspecified atom stereocenters. The van der Waals surface area contributed by atoms with Crippen LogP contribution in [0.1, 0.15) is 46.0 Å². The Hall–Kier alpha value is -0.260. The lowest BCUT2D eigenvalue weighted by atomic mass is 10.0.